The third-order valence-corrected chi connectivity index (χ3v) is 5.32. The molecule has 3 saturated heterocycles. The predicted molar refractivity (Wildman–Crippen MR) is 79.4 cm³/mol. The average molecular weight is 294 g/mol. The quantitative estimate of drug-likeness (QED) is 0.718. The summed E-state index contributed by atoms with van der Waals surface area (Å²) in [6.45, 7) is 6.04. The molecule has 0 spiro atoms. The minimum Gasteiger partial charge on any atom is -0.369 e. The standard InChI is InChI=1S/C15H26N4O2/c16-15(21)12-2-1-4-19(9-12)14(20)10-18-5-3-11-6-17-7-13(11)8-18/h11-13,17H,1-10H2,(H2,16,21). The first-order valence-corrected chi connectivity index (χ1v) is 8.13. The highest BCUT2D eigenvalue weighted by molar-refractivity contribution is 5.81. The fourth-order valence-electron chi connectivity index (χ4n) is 3.98. The fourth-order valence-corrected chi connectivity index (χ4v) is 3.98. The molecule has 3 N–H and O–H groups in total. The molecule has 118 valence electrons. The van der Waals surface area contributed by atoms with E-state index < -0.39 is 0 Å². The number of primary amides is 1. The maximum absolute atomic E-state index is 12.4. The number of amides is 2. The molecule has 0 aromatic carbocycles. The van der Waals surface area contributed by atoms with Gasteiger partial charge in [-0.15, -0.1) is 0 Å². The normalized spacial score (nSPS) is 33.7. The van der Waals surface area contributed by atoms with Crippen LogP contribution in [0.3, 0.4) is 0 Å². The number of hydrogen-bond acceptors (Lipinski definition) is 4. The molecule has 3 heterocycles. The lowest BCUT2D eigenvalue weighted by Crippen LogP contribution is -2.50. The molecule has 0 aliphatic carbocycles. The highest BCUT2D eigenvalue weighted by Crippen LogP contribution is 2.26. The Labute approximate surface area is 126 Å². The van der Waals surface area contributed by atoms with Crippen molar-refractivity contribution in [3.05, 3.63) is 0 Å². The van der Waals surface area contributed by atoms with E-state index >= 15 is 0 Å². The van der Waals surface area contributed by atoms with E-state index in [1.807, 2.05) is 4.90 Å². The number of nitrogens with zero attached hydrogens (tertiary/aromatic N) is 2. The van der Waals surface area contributed by atoms with Gasteiger partial charge < -0.3 is 16.0 Å². The second-order valence-electron chi connectivity index (χ2n) is 6.78. The summed E-state index contributed by atoms with van der Waals surface area (Å²) >= 11 is 0. The van der Waals surface area contributed by atoms with E-state index in [0.717, 1.165) is 51.5 Å². The van der Waals surface area contributed by atoms with E-state index in [4.69, 9.17) is 5.73 Å². The SMILES string of the molecule is NC(=O)C1CCCN(C(=O)CN2CCC3CNCC3C2)C1. The maximum Gasteiger partial charge on any atom is 0.236 e. The number of fused-ring (bicyclic) bond motifs is 1. The monoisotopic (exact) mass is 294 g/mol. The number of carbonyl (C=O) groups is 2. The van der Waals surface area contributed by atoms with Gasteiger partial charge in [0.2, 0.25) is 11.8 Å². The number of nitrogens with one attached hydrogen (secondary N) is 1. The lowest BCUT2D eigenvalue weighted by Gasteiger charge is -2.37. The zero-order valence-corrected chi connectivity index (χ0v) is 12.6. The summed E-state index contributed by atoms with van der Waals surface area (Å²) in [4.78, 5) is 27.9. The van der Waals surface area contributed by atoms with E-state index in [-0.39, 0.29) is 17.7 Å². The first-order valence-electron chi connectivity index (χ1n) is 8.13. The third kappa shape index (κ3) is 3.37. The van der Waals surface area contributed by atoms with Crippen LogP contribution in [0.2, 0.25) is 0 Å². The number of carbonyl (C=O) groups excluding carboxylic acids is 2. The molecule has 3 atom stereocenters. The molecular formula is C15H26N4O2. The van der Waals surface area contributed by atoms with Crippen LogP contribution in [-0.4, -0.2) is 67.4 Å². The first kappa shape index (κ1) is 14.8. The van der Waals surface area contributed by atoms with Crippen molar-refractivity contribution >= 4 is 11.8 Å². The largest absolute Gasteiger partial charge is 0.369 e. The number of nitrogens with two attached hydrogens (primary N) is 1. The van der Waals surface area contributed by atoms with E-state index in [1.54, 1.807) is 0 Å². The average Bonchev–Trinajstić information content (AvgIpc) is 2.95. The minimum absolute atomic E-state index is 0.158. The summed E-state index contributed by atoms with van der Waals surface area (Å²) < 4.78 is 0. The van der Waals surface area contributed by atoms with Gasteiger partial charge in [0, 0.05) is 19.6 Å². The van der Waals surface area contributed by atoms with Gasteiger partial charge >= 0.3 is 0 Å². The van der Waals surface area contributed by atoms with Gasteiger partial charge in [-0.05, 0) is 50.7 Å². The van der Waals surface area contributed by atoms with Gasteiger partial charge in [0.25, 0.3) is 0 Å². The topological polar surface area (TPSA) is 78.7 Å². The highest BCUT2D eigenvalue weighted by atomic mass is 16.2. The summed E-state index contributed by atoms with van der Waals surface area (Å²) in [5, 5.41) is 3.45. The Morgan fingerprint density at radius 3 is 2.71 bits per heavy atom. The molecule has 6 nitrogen and oxygen atoms in total. The van der Waals surface area contributed by atoms with Gasteiger partial charge in [-0.25, -0.2) is 0 Å². The Kier molecular flexibility index (Phi) is 4.45. The molecule has 6 heteroatoms. The summed E-state index contributed by atoms with van der Waals surface area (Å²) in [5.41, 5.74) is 5.38. The smallest absolute Gasteiger partial charge is 0.236 e. The predicted octanol–water partition coefficient (Wildman–Crippen LogP) is -0.748. The molecule has 3 fully saturated rings. The van der Waals surface area contributed by atoms with Crippen molar-refractivity contribution in [2.45, 2.75) is 19.3 Å². The Morgan fingerprint density at radius 2 is 1.90 bits per heavy atom. The van der Waals surface area contributed by atoms with Crippen LogP contribution in [0.1, 0.15) is 19.3 Å². The molecule has 2 amide bonds. The van der Waals surface area contributed by atoms with Gasteiger partial charge in [-0.1, -0.05) is 0 Å². The lowest BCUT2D eigenvalue weighted by molar-refractivity contribution is -0.136. The summed E-state index contributed by atoms with van der Waals surface area (Å²) in [5.74, 6) is 1.22. The van der Waals surface area contributed by atoms with Gasteiger partial charge in [0.15, 0.2) is 0 Å². The van der Waals surface area contributed by atoms with Crippen LogP contribution in [0, 0.1) is 17.8 Å². The molecule has 0 bridgehead atoms. The molecule has 21 heavy (non-hydrogen) atoms. The molecule has 0 radical (unpaired) electrons. The van der Waals surface area contributed by atoms with Gasteiger partial charge in [0.05, 0.1) is 12.5 Å². The van der Waals surface area contributed by atoms with Crippen LogP contribution in [0.4, 0.5) is 0 Å². The number of hydrogen-bond donors (Lipinski definition) is 2. The number of rotatable bonds is 3. The van der Waals surface area contributed by atoms with E-state index in [0.29, 0.717) is 19.0 Å². The third-order valence-electron chi connectivity index (χ3n) is 5.32. The molecule has 0 aromatic heterocycles. The highest BCUT2D eigenvalue weighted by Gasteiger charge is 2.34. The molecule has 0 aromatic rings. The van der Waals surface area contributed by atoms with Crippen LogP contribution >= 0.6 is 0 Å². The molecular weight excluding hydrogens is 268 g/mol. The van der Waals surface area contributed by atoms with Crippen molar-refractivity contribution < 1.29 is 9.59 Å². The van der Waals surface area contributed by atoms with Crippen LogP contribution < -0.4 is 11.1 Å². The van der Waals surface area contributed by atoms with E-state index in [9.17, 15) is 9.59 Å². The van der Waals surface area contributed by atoms with Crippen LogP contribution in [-0.2, 0) is 9.59 Å². The molecule has 0 saturated carbocycles. The zero-order chi connectivity index (χ0) is 14.8. The summed E-state index contributed by atoms with van der Waals surface area (Å²) in [7, 11) is 0. The van der Waals surface area contributed by atoms with Gasteiger partial charge in [-0.2, -0.15) is 0 Å². The van der Waals surface area contributed by atoms with E-state index in [1.165, 1.54) is 6.42 Å². The molecule has 3 rings (SSSR count). The Morgan fingerprint density at radius 1 is 1.10 bits per heavy atom. The maximum atomic E-state index is 12.4. The Hall–Kier alpha value is -1.14. The van der Waals surface area contributed by atoms with Gasteiger partial charge in [0.1, 0.15) is 0 Å². The van der Waals surface area contributed by atoms with Crippen LogP contribution in [0.5, 0.6) is 0 Å². The second kappa shape index (κ2) is 6.32. The fraction of sp³-hybridized carbons (Fsp3) is 0.867. The summed E-state index contributed by atoms with van der Waals surface area (Å²) in [6, 6.07) is 0. The molecule has 3 aliphatic rings. The Bertz CT molecular complexity index is 414. The first-order chi connectivity index (χ1) is 10.1. The lowest BCUT2D eigenvalue weighted by atomic mass is 9.89. The second-order valence-corrected chi connectivity index (χ2v) is 6.78. The number of piperidine rings is 2. The Balaban J connectivity index is 1.50. The number of likely N-dealkylation sites (tertiary alicyclic amines) is 2. The van der Waals surface area contributed by atoms with Crippen molar-refractivity contribution in [2.24, 2.45) is 23.5 Å². The molecule has 3 aliphatic heterocycles. The van der Waals surface area contributed by atoms with Gasteiger partial charge in [-0.3, -0.25) is 14.5 Å². The van der Waals surface area contributed by atoms with Crippen molar-refractivity contribution in [3.8, 4) is 0 Å². The summed E-state index contributed by atoms with van der Waals surface area (Å²) in [6.07, 6.45) is 2.89. The minimum atomic E-state index is -0.273. The molecule has 3 unspecified atom stereocenters. The van der Waals surface area contributed by atoms with Crippen molar-refractivity contribution in [1.29, 1.82) is 0 Å². The van der Waals surface area contributed by atoms with Crippen LogP contribution in [0.25, 0.3) is 0 Å². The van der Waals surface area contributed by atoms with Crippen molar-refractivity contribution in [3.63, 3.8) is 0 Å². The van der Waals surface area contributed by atoms with Crippen molar-refractivity contribution in [1.82, 2.24) is 15.1 Å². The van der Waals surface area contributed by atoms with E-state index in [2.05, 4.69) is 10.2 Å². The van der Waals surface area contributed by atoms with Crippen LogP contribution in [0.15, 0.2) is 0 Å². The van der Waals surface area contributed by atoms with Crippen molar-refractivity contribution in [2.75, 3.05) is 45.8 Å². The zero-order valence-electron chi connectivity index (χ0n) is 12.6.